The molecule has 3 aromatic rings. The Morgan fingerprint density at radius 2 is 1.82 bits per heavy atom. The molecule has 1 saturated heterocycles. The molecule has 0 saturated carbocycles. The number of carbonyl (C=O) groups is 1. The minimum absolute atomic E-state index is 0.111. The van der Waals surface area contributed by atoms with Gasteiger partial charge in [0.05, 0.1) is 16.3 Å². The SMILES string of the molecule is O=C(NC1CCCc2ccccc21)C1CCN(c2nc3ccccc3s2)CC1. The van der Waals surface area contributed by atoms with Gasteiger partial charge < -0.3 is 10.2 Å². The van der Waals surface area contributed by atoms with Gasteiger partial charge in [0.15, 0.2) is 5.13 Å². The zero-order chi connectivity index (χ0) is 18.9. The van der Waals surface area contributed by atoms with E-state index >= 15 is 0 Å². The molecule has 1 atom stereocenters. The highest BCUT2D eigenvalue weighted by Crippen LogP contribution is 2.33. The van der Waals surface area contributed by atoms with Crippen LogP contribution in [-0.4, -0.2) is 24.0 Å². The molecule has 28 heavy (non-hydrogen) atoms. The van der Waals surface area contributed by atoms with Crippen LogP contribution >= 0.6 is 11.3 Å². The molecule has 4 nitrogen and oxygen atoms in total. The van der Waals surface area contributed by atoms with Gasteiger partial charge in [-0.05, 0) is 55.4 Å². The zero-order valence-electron chi connectivity index (χ0n) is 15.9. The van der Waals surface area contributed by atoms with E-state index in [0.717, 1.165) is 55.8 Å². The highest BCUT2D eigenvalue weighted by atomic mass is 32.1. The quantitative estimate of drug-likeness (QED) is 0.703. The van der Waals surface area contributed by atoms with Crippen molar-refractivity contribution in [2.24, 2.45) is 5.92 Å². The van der Waals surface area contributed by atoms with Crippen molar-refractivity contribution in [2.75, 3.05) is 18.0 Å². The lowest BCUT2D eigenvalue weighted by molar-refractivity contribution is -0.126. The normalized spacial score (nSPS) is 20.1. The molecule has 5 heteroatoms. The number of piperidine rings is 1. The Morgan fingerprint density at radius 1 is 1.04 bits per heavy atom. The lowest BCUT2D eigenvalue weighted by atomic mass is 9.87. The predicted octanol–water partition coefficient (Wildman–Crippen LogP) is 4.71. The number of nitrogens with zero attached hydrogens (tertiary/aromatic N) is 2. The van der Waals surface area contributed by atoms with Gasteiger partial charge in [0.2, 0.25) is 5.91 Å². The molecule has 1 aliphatic heterocycles. The first-order chi connectivity index (χ1) is 13.8. The van der Waals surface area contributed by atoms with E-state index in [-0.39, 0.29) is 17.9 Å². The second-order valence-electron chi connectivity index (χ2n) is 7.88. The summed E-state index contributed by atoms with van der Waals surface area (Å²) in [7, 11) is 0. The molecule has 2 aliphatic rings. The summed E-state index contributed by atoms with van der Waals surface area (Å²) in [6.07, 6.45) is 5.13. The Morgan fingerprint density at radius 3 is 2.68 bits per heavy atom. The topological polar surface area (TPSA) is 45.2 Å². The first-order valence-corrected chi connectivity index (χ1v) is 11.1. The number of carbonyl (C=O) groups excluding carboxylic acids is 1. The second kappa shape index (κ2) is 7.55. The molecule has 1 N–H and O–H groups in total. The number of amides is 1. The molecule has 1 unspecified atom stereocenters. The molecule has 2 aromatic carbocycles. The predicted molar refractivity (Wildman–Crippen MR) is 115 cm³/mol. The van der Waals surface area contributed by atoms with Crippen LogP contribution in [0.4, 0.5) is 5.13 Å². The molecule has 1 fully saturated rings. The number of anilines is 1. The molecular formula is C23H25N3OS. The van der Waals surface area contributed by atoms with Crippen molar-refractivity contribution < 1.29 is 4.79 Å². The van der Waals surface area contributed by atoms with E-state index in [4.69, 9.17) is 4.98 Å². The Bertz CT molecular complexity index is 957. The molecule has 0 bridgehead atoms. The van der Waals surface area contributed by atoms with Crippen molar-refractivity contribution in [3.05, 3.63) is 59.7 Å². The summed E-state index contributed by atoms with van der Waals surface area (Å²) >= 11 is 1.75. The molecule has 0 radical (unpaired) electrons. The fraction of sp³-hybridized carbons (Fsp3) is 0.391. The van der Waals surface area contributed by atoms with Gasteiger partial charge in [0.25, 0.3) is 0 Å². The fourth-order valence-corrected chi connectivity index (χ4v) is 5.54. The molecular weight excluding hydrogens is 366 g/mol. The number of para-hydroxylation sites is 1. The van der Waals surface area contributed by atoms with E-state index in [2.05, 4.69) is 52.7 Å². The van der Waals surface area contributed by atoms with E-state index in [1.165, 1.54) is 15.8 Å². The van der Waals surface area contributed by atoms with Crippen LogP contribution in [0.25, 0.3) is 10.2 Å². The smallest absolute Gasteiger partial charge is 0.223 e. The van der Waals surface area contributed by atoms with Crippen LogP contribution in [0.5, 0.6) is 0 Å². The molecule has 1 aliphatic carbocycles. The lowest BCUT2D eigenvalue weighted by Crippen LogP contribution is -2.42. The number of rotatable bonds is 3. The number of fused-ring (bicyclic) bond motifs is 2. The van der Waals surface area contributed by atoms with E-state index in [9.17, 15) is 4.79 Å². The third-order valence-electron chi connectivity index (χ3n) is 6.10. The number of thiazole rings is 1. The Hall–Kier alpha value is -2.40. The van der Waals surface area contributed by atoms with Gasteiger partial charge in [0, 0.05) is 19.0 Å². The summed E-state index contributed by atoms with van der Waals surface area (Å²) in [5.41, 5.74) is 3.78. The largest absolute Gasteiger partial charge is 0.349 e. The average Bonchev–Trinajstić information content (AvgIpc) is 3.18. The summed E-state index contributed by atoms with van der Waals surface area (Å²) in [5.74, 6) is 0.338. The summed E-state index contributed by atoms with van der Waals surface area (Å²) in [4.78, 5) is 20.0. The van der Waals surface area contributed by atoms with Crippen molar-refractivity contribution in [1.82, 2.24) is 10.3 Å². The molecule has 2 heterocycles. The van der Waals surface area contributed by atoms with E-state index in [1.54, 1.807) is 11.3 Å². The number of hydrogen-bond acceptors (Lipinski definition) is 4. The van der Waals surface area contributed by atoms with E-state index < -0.39 is 0 Å². The first-order valence-electron chi connectivity index (χ1n) is 10.3. The maximum atomic E-state index is 12.9. The van der Waals surface area contributed by atoms with Gasteiger partial charge in [-0.3, -0.25) is 4.79 Å². The number of benzene rings is 2. The number of hydrogen-bond donors (Lipinski definition) is 1. The van der Waals surface area contributed by atoms with Gasteiger partial charge in [-0.25, -0.2) is 4.98 Å². The number of nitrogens with one attached hydrogen (secondary N) is 1. The number of aromatic nitrogens is 1. The zero-order valence-corrected chi connectivity index (χ0v) is 16.8. The lowest BCUT2D eigenvalue weighted by Gasteiger charge is -2.33. The standard InChI is InChI=1S/C23H25N3OS/c27-22(24-19-10-5-7-16-6-1-2-8-18(16)19)17-12-14-26(15-13-17)23-25-20-9-3-4-11-21(20)28-23/h1-4,6,8-9,11,17,19H,5,7,10,12-15H2,(H,24,27). The minimum atomic E-state index is 0.111. The monoisotopic (exact) mass is 391 g/mol. The summed E-state index contributed by atoms with van der Waals surface area (Å²) in [6.45, 7) is 1.80. The second-order valence-corrected chi connectivity index (χ2v) is 8.89. The van der Waals surface area contributed by atoms with Gasteiger partial charge in [-0.1, -0.05) is 47.7 Å². The van der Waals surface area contributed by atoms with Crippen molar-refractivity contribution in [1.29, 1.82) is 0 Å². The van der Waals surface area contributed by atoms with Gasteiger partial charge in [-0.2, -0.15) is 0 Å². The van der Waals surface area contributed by atoms with Crippen LogP contribution in [0.1, 0.15) is 42.9 Å². The van der Waals surface area contributed by atoms with Crippen LogP contribution in [0.15, 0.2) is 48.5 Å². The molecule has 1 amide bonds. The van der Waals surface area contributed by atoms with Crippen LogP contribution in [0, 0.1) is 5.92 Å². The Balaban J connectivity index is 1.22. The third kappa shape index (κ3) is 3.39. The van der Waals surface area contributed by atoms with Crippen LogP contribution in [-0.2, 0) is 11.2 Å². The Labute approximate surface area is 169 Å². The molecule has 0 spiro atoms. The highest BCUT2D eigenvalue weighted by molar-refractivity contribution is 7.22. The van der Waals surface area contributed by atoms with E-state index in [0.29, 0.717) is 0 Å². The maximum absolute atomic E-state index is 12.9. The minimum Gasteiger partial charge on any atom is -0.349 e. The maximum Gasteiger partial charge on any atom is 0.223 e. The molecule has 5 rings (SSSR count). The van der Waals surface area contributed by atoms with Gasteiger partial charge in [-0.15, -0.1) is 0 Å². The number of aryl methyl sites for hydroxylation is 1. The fourth-order valence-electron chi connectivity index (χ4n) is 4.52. The van der Waals surface area contributed by atoms with Crippen molar-refractivity contribution >= 4 is 32.6 Å². The third-order valence-corrected chi connectivity index (χ3v) is 7.20. The van der Waals surface area contributed by atoms with Gasteiger partial charge in [0.1, 0.15) is 0 Å². The summed E-state index contributed by atoms with van der Waals surface area (Å²) in [6, 6.07) is 17.0. The average molecular weight is 392 g/mol. The van der Waals surface area contributed by atoms with Crippen LogP contribution < -0.4 is 10.2 Å². The summed E-state index contributed by atoms with van der Waals surface area (Å²) < 4.78 is 1.23. The van der Waals surface area contributed by atoms with Crippen LogP contribution in [0.3, 0.4) is 0 Å². The van der Waals surface area contributed by atoms with Crippen molar-refractivity contribution in [2.45, 2.75) is 38.1 Å². The summed E-state index contributed by atoms with van der Waals surface area (Å²) in [5, 5.41) is 4.43. The Kier molecular flexibility index (Phi) is 4.77. The van der Waals surface area contributed by atoms with Gasteiger partial charge >= 0.3 is 0 Å². The molecule has 1 aromatic heterocycles. The van der Waals surface area contributed by atoms with Crippen molar-refractivity contribution in [3.63, 3.8) is 0 Å². The molecule has 144 valence electrons. The first kappa shape index (κ1) is 17.7. The van der Waals surface area contributed by atoms with E-state index in [1.807, 2.05) is 6.07 Å². The van der Waals surface area contributed by atoms with Crippen molar-refractivity contribution in [3.8, 4) is 0 Å². The van der Waals surface area contributed by atoms with Crippen LogP contribution in [0.2, 0.25) is 0 Å². The highest BCUT2D eigenvalue weighted by Gasteiger charge is 2.29.